The molecule has 0 atom stereocenters. The van der Waals surface area contributed by atoms with Crippen LogP contribution in [0.4, 0.5) is 0 Å². The minimum absolute atomic E-state index is 0.0197. The van der Waals surface area contributed by atoms with Crippen LogP contribution < -0.4 is 0 Å². The molecule has 0 aliphatic rings. The number of hydrogen-bond acceptors (Lipinski definition) is 2. The Hall–Kier alpha value is -1.64. The van der Waals surface area contributed by atoms with Crippen molar-refractivity contribution in [2.24, 2.45) is 0 Å². The summed E-state index contributed by atoms with van der Waals surface area (Å²) < 4.78 is 0. The van der Waals surface area contributed by atoms with Gasteiger partial charge >= 0.3 is 0 Å². The van der Waals surface area contributed by atoms with Crippen molar-refractivity contribution in [3.05, 3.63) is 52.6 Å². The van der Waals surface area contributed by atoms with E-state index in [-0.39, 0.29) is 11.5 Å². The molecule has 0 heterocycles. The van der Waals surface area contributed by atoms with Crippen molar-refractivity contribution in [2.75, 3.05) is 6.54 Å². The fourth-order valence-electron chi connectivity index (χ4n) is 1.24. The summed E-state index contributed by atoms with van der Waals surface area (Å²) in [4.78, 5) is 9.80. The second-order valence-electron chi connectivity index (χ2n) is 3.13. The van der Waals surface area contributed by atoms with E-state index in [1.807, 2.05) is 30.3 Å². The SMILES string of the molecule is C=C(CCC[N+](=O)[O-])c1ccccc1. The van der Waals surface area contributed by atoms with Crippen LogP contribution in [-0.4, -0.2) is 11.5 Å². The van der Waals surface area contributed by atoms with E-state index in [1.165, 1.54) is 0 Å². The molecule has 0 aromatic heterocycles. The number of nitrogens with zero attached hydrogens (tertiary/aromatic N) is 1. The standard InChI is InChI=1S/C11H13NO2/c1-10(6-5-9-12(13)14)11-7-3-2-4-8-11/h2-4,7-8H,1,5-6,9H2. The van der Waals surface area contributed by atoms with E-state index >= 15 is 0 Å². The van der Waals surface area contributed by atoms with Gasteiger partial charge in [-0.2, -0.15) is 0 Å². The maximum absolute atomic E-state index is 10.1. The zero-order chi connectivity index (χ0) is 10.4. The summed E-state index contributed by atoms with van der Waals surface area (Å²) in [7, 11) is 0. The molecule has 0 saturated carbocycles. The number of benzene rings is 1. The lowest BCUT2D eigenvalue weighted by Crippen LogP contribution is -2.00. The summed E-state index contributed by atoms with van der Waals surface area (Å²) in [6, 6.07) is 9.75. The van der Waals surface area contributed by atoms with Crippen molar-refractivity contribution in [1.82, 2.24) is 0 Å². The number of rotatable bonds is 5. The molecule has 0 fully saturated rings. The topological polar surface area (TPSA) is 43.1 Å². The van der Waals surface area contributed by atoms with Gasteiger partial charge in [0.05, 0.1) is 0 Å². The van der Waals surface area contributed by atoms with Crippen LogP contribution >= 0.6 is 0 Å². The van der Waals surface area contributed by atoms with E-state index in [0.29, 0.717) is 12.8 Å². The molecule has 0 amide bonds. The summed E-state index contributed by atoms with van der Waals surface area (Å²) in [5.41, 5.74) is 2.03. The molecule has 0 unspecified atom stereocenters. The summed E-state index contributed by atoms with van der Waals surface area (Å²) >= 11 is 0. The van der Waals surface area contributed by atoms with Crippen LogP contribution in [0.1, 0.15) is 18.4 Å². The van der Waals surface area contributed by atoms with Crippen LogP contribution in [0.25, 0.3) is 5.57 Å². The Morgan fingerprint density at radius 2 is 2.00 bits per heavy atom. The van der Waals surface area contributed by atoms with Gasteiger partial charge in [0.1, 0.15) is 0 Å². The molecule has 14 heavy (non-hydrogen) atoms. The number of allylic oxidation sites excluding steroid dienone is 1. The highest BCUT2D eigenvalue weighted by molar-refractivity contribution is 5.62. The fraction of sp³-hybridized carbons (Fsp3) is 0.273. The predicted octanol–water partition coefficient (Wildman–Crippen LogP) is 2.76. The van der Waals surface area contributed by atoms with Gasteiger partial charge in [-0.05, 0) is 17.6 Å². The van der Waals surface area contributed by atoms with E-state index in [1.54, 1.807) is 0 Å². The van der Waals surface area contributed by atoms with Gasteiger partial charge in [0, 0.05) is 11.3 Å². The van der Waals surface area contributed by atoms with Crippen molar-refractivity contribution in [2.45, 2.75) is 12.8 Å². The van der Waals surface area contributed by atoms with E-state index < -0.39 is 0 Å². The first kappa shape index (κ1) is 10.4. The second-order valence-corrected chi connectivity index (χ2v) is 3.13. The van der Waals surface area contributed by atoms with E-state index in [9.17, 15) is 10.1 Å². The first-order valence-electron chi connectivity index (χ1n) is 4.55. The zero-order valence-electron chi connectivity index (χ0n) is 7.98. The lowest BCUT2D eigenvalue weighted by Gasteiger charge is -2.03. The lowest BCUT2D eigenvalue weighted by molar-refractivity contribution is -0.480. The molecule has 3 heteroatoms. The molecule has 0 N–H and O–H groups in total. The molecule has 0 radical (unpaired) electrons. The van der Waals surface area contributed by atoms with Gasteiger partial charge in [-0.3, -0.25) is 10.1 Å². The summed E-state index contributed by atoms with van der Waals surface area (Å²) in [6.45, 7) is 3.92. The molecule has 0 aliphatic carbocycles. The highest BCUT2D eigenvalue weighted by Gasteiger charge is 2.01. The number of nitro groups is 1. The minimum atomic E-state index is -0.293. The summed E-state index contributed by atoms with van der Waals surface area (Å²) in [6.07, 6.45) is 1.24. The Morgan fingerprint density at radius 3 is 2.57 bits per heavy atom. The van der Waals surface area contributed by atoms with E-state index in [2.05, 4.69) is 6.58 Å². The zero-order valence-corrected chi connectivity index (χ0v) is 7.98. The monoisotopic (exact) mass is 191 g/mol. The minimum Gasteiger partial charge on any atom is -0.265 e. The molecule has 0 saturated heterocycles. The third kappa shape index (κ3) is 3.39. The van der Waals surface area contributed by atoms with Crippen molar-refractivity contribution < 1.29 is 4.92 Å². The van der Waals surface area contributed by atoms with E-state index in [4.69, 9.17) is 0 Å². The summed E-state index contributed by atoms with van der Waals surface area (Å²) in [5.74, 6) is 0. The van der Waals surface area contributed by atoms with Crippen LogP contribution in [0.3, 0.4) is 0 Å². The van der Waals surface area contributed by atoms with Gasteiger partial charge in [-0.25, -0.2) is 0 Å². The molecule has 3 nitrogen and oxygen atoms in total. The highest BCUT2D eigenvalue weighted by Crippen LogP contribution is 2.16. The molecule has 1 aromatic rings. The molecule has 0 bridgehead atoms. The maximum Gasteiger partial charge on any atom is 0.204 e. The van der Waals surface area contributed by atoms with Gasteiger partial charge < -0.3 is 0 Å². The molecular formula is C11H13NO2. The first-order chi connectivity index (χ1) is 6.70. The Bertz CT molecular complexity index is 319. The Balaban J connectivity index is 2.40. The smallest absolute Gasteiger partial charge is 0.204 e. The molecule has 74 valence electrons. The maximum atomic E-state index is 10.1. The third-order valence-corrected chi connectivity index (χ3v) is 2.00. The largest absolute Gasteiger partial charge is 0.265 e. The van der Waals surface area contributed by atoms with Gasteiger partial charge in [0.15, 0.2) is 0 Å². The molecule has 1 rings (SSSR count). The Kier molecular flexibility index (Phi) is 3.85. The van der Waals surface area contributed by atoms with Crippen LogP contribution in [0.15, 0.2) is 36.9 Å². The number of hydrogen-bond donors (Lipinski definition) is 0. The molecule has 0 spiro atoms. The first-order valence-corrected chi connectivity index (χ1v) is 4.55. The van der Waals surface area contributed by atoms with Gasteiger partial charge in [0.25, 0.3) is 0 Å². The summed E-state index contributed by atoms with van der Waals surface area (Å²) in [5, 5.41) is 10.1. The van der Waals surface area contributed by atoms with Crippen LogP contribution in [0.2, 0.25) is 0 Å². The van der Waals surface area contributed by atoms with Crippen LogP contribution in [0.5, 0.6) is 0 Å². The van der Waals surface area contributed by atoms with Crippen LogP contribution in [-0.2, 0) is 0 Å². The average Bonchev–Trinajstić information content (AvgIpc) is 2.18. The quantitative estimate of drug-likeness (QED) is 0.530. The van der Waals surface area contributed by atoms with Crippen molar-refractivity contribution >= 4 is 5.57 Å². The second kappa shape index (κ2) is 5.17. The fourth-order valence-corrected chi connectivity index (χ4v) is 1.24. The van der Waals surface area contributed by atoms with E-state index in [0.717, 1.165) is 11.1 Å². The van der Waals surface area contributed by atoms with Crippen molar-refractivity contribution in [3.8, 4) is 0 Å². The molecular weight excluding hydrogens is 178 g/mol. The average molecular weight is 191 g/mol. The van der Waals surface area contributed by atoms with Gasteiger partial charge in [0.2, 0.25) is 6.54 Å². The normalized spacial score (nSPS) is 9.71. The molecule has 0 aliphatic heterocycles. The van der Waals surface area contributed by atoms with Gasteiger partial charge in [-0.15, -0.1) is 0 Å². The third-order valence-electron chi connectivity index (χ3n) is 2.00. The van der Waals surface area contributed by atoms with Gasteiger partial charge in [-0.1, -0.05) is 36.9 Å². The predicted molar refractivity (Wildman–Crippen MR) is 56.6 cm³/mol. The Labute approximate surface area is 83.2 Å². The van der Waals surface area contributed by atoms with Crippen molar-refractivity contribution in [1.29, 1.82) is 0 Å². The molecule has 1 aromatic carbocycles. The lowest BCUT2D eigenvalue weighted by atomic mass is 10.0. The Morgan fingerprint density at radius 1 is 1.36 bits per heavy atom. The highest BCUT2D eigenvalue weighted by atomic mass is 16.6. The van der Waals surface area contributed by atoms with Crippen LogP contribution in [0, 0.1) is 10.1 Å². The van der Waals surface area contributed by atoms with Crippen molar-refractivity contribution in [3.63, 3.8) is 0 Å².